The minimum absolute atomic E-state index is 0.0650. The number of thioether (sulfide) groups is 1. The Morgan fingerprint density at radius 1 is 1.44 bits per heavy atom. The predicted octanol–water partition coefficient (Wildman–Crippen LogP) is 2.77. The summed E-state index contributed by atoms with van der Waals surface area (Å²) >= 11 is 1.55. The molecule has 0 aliphatic rings. The fourth-order valence-electron chi connectivity index (χ4n) is 1.55. The van der Waals surface area contributed by atoms with E-state index in [1.807, 2.05) is 6.07 Å². The summed E-state index contributed by atoms with van der Waals surface area (Å²) in [5.41, 5.74) is 2.43. The van der Waals surface area contributed by atoms with Crippen LogP contribution in [-0.4, -0.2) is 30.2 Å². The zero-order valence-corrected chi connectivity index (χ0v) is 11.9. The van der Waals surface area contributed by atoms with E-state index in [1.54, 1.807) is 23.7 Å². The molecule has 0 bridgehead atoms. The van der Waals surface area contributed by atoms with Gasteiger partial charge in [0.1, 0.15) is 0 Å². The van der Waals surface area contributed by atoms with Crippen LogP contribution in [0.1, 0.15) is 17.5 Å². The second-order valence-electron chi connectivity index (χ2n) is 4.28. The number of hydrogen-bond acceptors (Lipinski definition) is 3. The van der Waals surface area contributed by atoms with E-state index in [1.165, 1.54) is 11.1 Å². The summed E-state index contributed by atoms with van der Waals surface area (Å²) in [4.78, 5) is 14.5. The molecule has 0 atom stereocenters. The van der Waals surface area contributed by atoms with Crippen molar-refractivity contribution in [3.8, 4) is 6.07 Å². The van der Waals surface area contributed by atoms with E-state index in [0.29, 0.717) is 18.7 Å². The Labute approximate surface area is 113 Å². The molecule has 0 spiro atoms. The third kappa shape index (κ3) is 4.42. The summed E-state index contributed by atoms with van der Waals surface area (Å²) in [5.74, 6) is 0.487. The fraction of sp³-hybridized carbons (Fsp3) is 0.429. The van der Waals surface area contributed by atoms with Gasteiger partial charge < -0.3 is 4.90 Å². The van der Waals surface area contributed by atoms with Gasteiger partial charge in [-0.25, -0.2) is 0 Å². The van der Waals surface area contributed by atoms with Crippen LogP contribution < -0.4 is 0 Å². The monoisotopic (exact) mass is 262 g/mol. The summed E-state index contributed by atoms with van der Waals surface area (Å²) in [6.45, 7) is 4.62. The summed E-state index contributed by atoms with van der Waals surface area (Å²) < 4.78 is 0. The van der Waals surface area contributed by atoms with Gasteiger partial charge in [0, 0.05) is 18.5 Å². The largest absolute Gasteiger partial charge is 0.344 e. The van der Waals surface area contributed by atoms with Crippen molar-refractivity contribution in [2.24, 2.45) is 0 Å². The number of carbonyl (C=O) groups is 1. The fourth-order valence-corrected chi connectivity index (χ4v) is 2.50. The highest BCUT2D eigenvalue weighted by molar-refractivity contribution is 8.00. The maximum Gasteiger partial charge on any atom is 0.232 e. The van der Waals surface area contributed by atoms with Crippen molar-refractivity contribution in [1.29, 1.82) is 5.26 Å². The molecule has 96 valence electrons. The second kappa shape index (κ2) is 7.07. The van der Waals surface area contributed by atoms with Gasteiger partial charge in [-0.2, -0.15) is 5.26 Å². The highest BCUT2D eigenvalue weighted by atomic mass is 32.2. The summed E-state index contributed by atoms with van der Waals surface area (Å²) in [5, 5.41) is 8.47. The molecule has 1 aromatic carbocycles. The molecule has 3 nitrogen and oxygen atoms in total. The van der Waals surface area contributed by atoms with E-state index in [4.69, 9.17) is 5.26 Å². The Hall–Kier alpha value is -1.47. The lowest BCUT2D eigenvalue weighted by atomic mass is 10.2. The Balaban J connectivity index is 2.50. The van der Waals surface area contributed by atoms with Gasteiger partial charge in [-0.15, -0.1) is 11.8 Å². The summed E-state index contributed by atoms with van der Waals surface area (Å²) in [7, 11) is 1.74. The highest BCUT2D eigenvalue weighted by Crippen LogP contribution is 2.23. The van der Waals surface area contributed by atoms with Crippen LogP contribution in [-0.2, 0) is 4.79 Å². The normalized spacial score (nSPS) is 9.89. The van der Waals surface area contributed by atoms with Gasteiger partial charge in [0.15, 0.2) is 0 Å². The quantitative estimate of drug-likeness (QED) is 0.766. The van der Waals surface area contributed by atoms with Crippen LogP contribution in [0, 0.1) is 25.2 Å². The third-order valence-corrected chi connectivity index (χ3v) is 3.83. The van der Waals surface area contributed by atoms with Crippen LogP contribution in [0.2, 0.25) is 0 Å². The number of nitrogens with zero attached hydrogens (tertiary/aromatic N) is 2. The Kier molecular flexibility index (Phi) is 5.73. The number of aryl methyl sites for hydroxylation is 2. The lowest BCUT2D eigenvalue weighted by Gasteiger charge is -2.15. The molecule has 0 aliphatic heterocycles. The number of hydrogen-bond donors (Lipinski definition) is 0. The smallest absolute Gasteiger partial charge is 0.232 e. The molecule has 0 unspecified atom stereocenters. The first kappa shape index (κ1) is 14.6. The molecule has 18 heavy (non-hydrogen) atoms. The van der Waals surface area contributed by atoms with Crippen molar-refractivity contribution in [2.45, 2.75) is 25.2 Å². The molecule has 0 aromatic heterocycles. The van der Waals surface area contributed by atoms with E-state index >= 15 is 0 Å². The number of benzene rings is 1. The maximum atomic E-state index is 11.8. The summed E-state index contributed by atoms with van der Waals surface area (Å²) in [6.07, 6.45) is 0.385. The first-order valence-corrected chi connectivity index (χ1v) is 6.84. The first-order valence-electron chi connectivity index (χ1n) is 5.85. The van der Waals surface area contributed by atoms with Crippen molar-refractivity contribution in [2.75, 3.05) is 19.3 Å². The van der Waals surface area contributed by atoms with Gasteiger partial charge in [-0.05, 0) is 25.5 Å². The van der Waals surface area contributed by atoms with Crippen molar-refractivity contribution in [1.82, 2.24) is 4.90 Å². The molecule has 1 amide bonds. The van der Waals surface area contributed by atoms with Crippen molar-refractivity contribution in [3.63, 3.8) is 0 Å². The molecule has 0 aliphatic carbocycles. The number of rotatable bonds is 5. The molecule has 0 radical (unpaired) electrons. The van der Waals surface area contributed by atoms with E-state index in [9.17, 15) is 4.79 Å². The molecule has 0 N–H and O–H groups in total. The Bertz CT molecular complexity index is 465. The molecule has 0 fully saturated rings. The minimum atomic E-state index is 0.0650. The number of nitriles is 1. The topological polar surface area (TPSA) is 44.1 Å². The number of carbonyl (C=O) groups excluding carboxylic acids is 1. The van der Waals surface area contributed by atoms with Crippen LogP contribution in [0.25, 0.3) is 0 Å². The van der Waals surface area contributed by atoms with Gasteiger partial charge in [0.2, 0.25) is 5.91 Å². The van der Waals surface area contributed by atoms with Gasteiger partial charge in [-0.3, -0.25) is 4.79 Å². The van der Waals surface area contributed by atoms with Crippen LogP contribution >= 0.6 is 11.8 Å². The highest BCUT2D eigenvalue weighted by Gasteiger charge is 2.09. The Morgan fingerprint density at radius 3 is 2.78 bits per heavy atom. The maximum absolute atomic E-state index is 11.8. The second-order valence-corrected chi connectivity index (χ2v) is 5.30. The van der Waals surface area contributed by atoms with E-state index < -0.39 is 0 Å². The van der Waals surface area contributed by atoms with Crippen LogP contribution in [0.15, 0.2) is 23.1 Å². The molecule has 0 saturated heterocycles. The Morgan fingerprint density at radius 2 is 2.17 bits per heavy atom. The third-order valence-electron chi connectivity index (χ3n) is 2.67. The molecule has 4 heteroatoms. The SMILES string of the molecule is Cc1ccc(SCC(=O)N(C)CCC#N)c(C)c1. The standard InChI is InChI=1S/C14H18N2OS/c1-11-5-6-13(12(2)9-11)18-10-14(17)16(3)8-4-7-15/h5-6,9H,4,8,10H2,1-3H3. The predicted molar refractivity (Wildman–Crippen MR) is 74.5 cm³/mol. The average Bonchev–Trinajstić information content (AvgIpc) is 2.34. The van der Waals surface area contributed by atoms with Crippen LogP contribution in [0.5, 0.6) is 0 Å². The van der Waals surface area contributed by atoms with E-state index in [2.05, 4.69) is 32.0 Å². The first-order chi connectivity index (χ1) is 8.54. The van der Waals surface area contributed by atoms with Gasteiger partial charge >= 0.3 is 0 Å². The minimum Gasteiger partial charge on any atom is -0.344 e. The van der Waals surface area contributed by atoms with Crippen molar-refractivity contribution < 1.29 is 4.79 Å². The zero-order chi connectivity index (χ0) is 13.5. The van der Waals surface area contributed by atoms with Crippen LogP contribution in [0.4, 0.5) is 0 Å². The van der Waals surface area contributed by atoms with E-state index in [0.717, 1.165) is 4.90 Å². The molecular weight excluding hydrogens is 244 g/mol. The summed E-state index contributed by atoms with van der Waals surface area (Å²) in [6, 6.07) is 8.27. The number of amides is 1. The lowest BCUT2D eigenvalue weighted by Crippen LogP contribution is -2.29. The van der Waals surface area contributed by atoms with Crippen LogP contribution in [0.3, 0.4) is 0 Å². The van der Waals surface area contributed by atoms with Gasteiger partial charge in [0.25, 0.3) is 0 Å². The molecule has 0 heterocycles. The van der Waals surface area contributed by atoms with E-state index in [-0.39, 0.29) is 5.91 Å². The molecular formula is C14H18N2OS. The van der Waals surface area contributed by atoms with Crippen molar-refractivity contribution in [3.05, 3.63) is 29.3 Å². The zero-order valence-electron chi connectivity index (χ0n) is 11.1. The average molecular weight is 262 g/mol. The van der Waals surface area contributed by atoms with Gasteiger partial charge in [-0.1, -0.05) is 17.7 Å². The lowest BCUT2D eigenvalue weighted by molar-refractivity contribution is -0.127. The van der Waals surface area contributed by atoms with Gasteiger partial charge in [0.05, 0.1) is 18.2 Å². The molecule has 1 rings (SSSR count). The molecule has 0 saturated carbocycles. The molecule has 1 aromatic rings. The van der Waals surface area contributed by atoms with Crippen molar-refractivity contribution >= 4 is 17.7 Å².